The monoisotopic (exact) mass is 148 g/mol. The molecule has 0 aliphatic rings. The minimum Gasteiger partial charge on any atom is -0.396 e. The van der Waals surface area contributed by atoms with E-state index in [4.69, 9.17) is 10.6 Å². The molecular weight excluding hydrogens is 124 g/mol. The number of rotatable bonds is 7. The van der Waals surface area contributed by atoms with Crippen molar-refractivity contribution in [1.29, 1.82) is 0 Å². The van der Waals surface area contributed by atoms with Crippen molar-refractivity contribution in [2.45, 2.75) is 51.8 Å². The van der Waals surface area contributed by atoms with Crippen LogP contribution in [0.25, 0.3) is 0 Å². The van der Waals surface area contributed by atoms with E-state index in [1.54, 1.807) is 6.92 Å². The Labute approximate surface area is 70.1 Å². The largest absolute Gasteiger partial charge is 0.396 e. The second-order valence-electron chi connectivity index (χ2n) is 2.24. The molecule has 0 bridgehead atoms. The van der Waals surface area contributed by atoms with Crippen molar-refractivity contribution in [3.63, 3.8) is 0 Å². The fourth-order valence-electron chi connectivity index (χ4n) is 0.715. The molecule has 0 fully saturated rings. The van der Waals surface area contributed by atoms with E-state index in [1.165, 1.54) is 0 Å². The average molecular weight is 148 g/mol. The Morgan fingerprint density at radius 3 is 2.40 bits per heavy atom. The van der Waals surface area contributed by atoms with Crippen molar-refractivity contribution in [3.05, 3.63) is 0 Å². The molecule has 0 aliphatic carbocycles. The standard InChI is InChI=1S/C9H20O/c1-2-3-4-5-6-7-8-9-10/h10H,2-9H2,1H3/i3D2,4D2. The molecule has 0 aromatic heterocycles. The molecule has 0 rings (SSSR count). The van der Waals surface area contributed by atoms with Gasteiger partial charge >= 0.3 is 0 Å². The van der Waals surface area contributed by atoms with Gasteiger partial charge in [-0.3, -0.25) is 0 Å². The Morgan fingerprint density at radius 2 is 1.80 bits per heavy atom. The quantitative estimate of drug-likeness (QED) is 0.550. The third kappa shape index (κ3) is 7.96. The van der Waals surface area contributed by atoms with Crippen molar-refractivity contribution in [2.24, 2.45) is 0 Å². The van der Waals surface area contributed by atoms with Crippen LogP contribution in [0.3, 0.4) is 0 Å². The van der Waals surface area contributed by atoms with Gasteiger partial charge in [0.15, 0.2) is 0 Å². The molecule has 0 aliphatic heterocycles. The van der Waals surface area contributed by atoms with E-state index in [0.717, 1.165) is 6.42 Å². The van der Waals surface area contributed by atoms with Gasteiger partial charge in [0, 0.05) is 12.1 Å². The highest BCUT2D eigenvalue weighted by molar-refractivity contribution is 4.43. The zero-order valence-electron chi connectivity index (χ0n) is 10.7. The Hall–Kier alpha value is -0.0400. The SMILES string of the molecule is [2H]C([2H])(CC)C([2H])([2H])CCCCCO. The molecule has 0 aromatic rings. The molecule has 62 valence electrons. The average Bonchev–Trinajstić information content (AvgIpc) is 2.12. The van der Waals surface area contributed by atoms with E-state index in [-0.39, 0.29) is 19.4 Å². The zero-order chi connectivity index (χ0) is 11.2. The minimum absolute atomic E-state index is 0.129. The molecule has 0 radical (unpaired) electrons. The van der Waals surface area contributed by atoms with E-state index in [2.05, 4.69) is 0 Å². The number of aliphatic hydroxyl groups excluding tert-OH is 1. The fourth-order valence-corrected chi connectivity index (χ4v) is 0.715. The first-order chi connectivity index (χ1) is 6.37. The summed E-state index contributed by atoms with van der Waals surface area (Å²) in [4.78, 5) is 0. The Balaban J connectivity index is 3.94. The van der Waals surface area contributed by atoms with E-state index >= 15 is 0 Å². The topological polar surface area (TPSA) is 20.2 Å². The zero-order valence-corrected chi connectivity index (χ0v) is 6.69. The third-order valence-electron chi connectivity index (χ3n) is 1.26. The molecule has 0 amide bonds. The maximum atomic E-state index is 8.53. The second-order valence-corrected chi connectivity index (χ2v) is 2.24. The van der Waals surface area contributed by atoms with Crippen LogP contribution in [0.5, 0.6) is 0 Å². The van der Waals surface area contributed by atoms with Gasteiger partial charge in [0.25, 0.3) is 0 Å². The van der Waals surface area contributed by atoms with Crippen molar-refractivity contribution < 1.29 is 10.6 Å². The van der Waals surface area contributed by atoms with Crippen molar-refractivity contribution in [3.8, 4) is 0 Å². The van der Waals surface area contributed by atoms with Crippen LogP contribution >= 0.6 is 0 Å². The van der Waals surface area contributed by atoms with Crippen LogP contribution < -0.4 is 0 Å². The summed E-state index contributed by atoms with van der Waals surface area (Å²) in [5, 5.41) is 8.53. The highest BCUT2D eigenvalue weighted by Gasteiger charge is 1.88. The number of aliphatic hydroxyl groups is 1. The van der Waals surface area contributed by atoms with Gasteiger partial charge in [-0.05, 0) is 6.42 Å². The fraction of sp³-hybridized carbons (Fsp3) is 1.00. The predicted octanol–water partition coefficient (Wildman–Crippen LogP) is 2.73. The van der Waals surface area contributed by atoms with Crippen LogP contribution in [0, 0.1) is 0 Å². The molecule has 1 N–H and O–H groups in total. The maximum Gasteiger partial charge on any atom is 0.0431 e. The van der Waals surface area contributed by atoms with Crippen LogP contribution in [0.4, 0.5) is 0 Å². The molecular formula is C9H20O. The number of hydrogen-bond acceptors (Lipinski definition) is 1. The first kappa shape index (κ1) is 4.76. The number of hydrogen-bond donors (Lipinski definition) is 1. The molecule has 1 heteroatoms. The molecule has 0 spiro atoms. The van der Waals surface area contributed by atoms with Gasteiger partial charge < -0.3 is 5.11 Å². The van der Waals surface area contributed by atoms with Gasteiger partial charge in [0.2, 0.25) is 0 Å². The normalized spacial score (nSPS) is 19.0. The second kappa shape index (κ2) is 8.96. The molecule has 0 heterocycles. The Bertz CT molecular complexity index is 159. The molecule has 0 atom stereocenters. The lowest BCUT2D eigenvalue weighted by Crippen LogP contribution is -1.83. The predicted molar refractivity (Wildman–Crippen MR) is 45.1 cm³/mol. The highest BCUT2D eigenvalue weighted by Crippen LogP contribution is 2.05. The molecule has 0 saturated heterocycles. The lowest BCUT2D eigenvalue weighted by Gasteiger charge is -1.97. The van der Waals surface area contributed by atoms with E-state index < -0.39 is 12.7 Å². The van der Waals surface area contributed by atoms with Crippen molar-refractivity contribution in [1.82, 2.24) is 0 Å². The van der Waals surface area contributed by atoms with Gasteiger partial charge in [0.1, 0.15) is 0 Å². The van der Waals surface area contributed by atoms with E-state index in [9.17, 15) is 0 Å². The summed E-state index contributed by atoms with van der Waals surface area (Å²) < 4.78 is 30.2. The number of unbranched alkanes of at least 4 members (excludes halogenated alkanes) is 2. The van der Waals surface area contributed by atoms with Crippen LogP contribution in [0.2, 0.25) is 0 Å². The van der Waals surface area contributed by atoms with Gasteiger partial charge in [-0.25, -0.2) is 0 Å². The Kier molecular flexibility index (Phi) is 4.27. The van der Waals surface area contributed by atoms with Crippen LogP contribution in [0.15, 0.2) is 0 Å². The highest BCUT2D eigenvalue weighted by atomic mass is 16.2. The molecule has 0 saturated carbocycles. The minimum atomic E-state index is -1.75. The molecule has 10 heavy (non-hydrogen) atoms. The van der Waals surface area contributed by atoms with Crippen LogP contribution in [-0.4, -0.2) is 11.7 Å². The van der Waals surface area contributed by atoms with Crippen molar-refractivity contribution in [2.75, 3.05) is 6.61 Å². The summed E-state index contributed by atoms with van der Waals surface area (Å²) in [5.74, 6) is 0. The van der Waals surface area contributed by atoms with Crippen LogP contribution in [-0.2, 0) is 0 Å². The molecule has 0 aromatic carbocycles. The lowest BCUT2D eigenvalue weighted by atomic mass is 10.1. The van der Waals surface area contributed by atoms with Gasteiger partial charge in [-0.15, -0.1) is 0 Å². The van der Waals surface area contributed by atoms with Gasteiger partial charge in [-0.2, -0.15) is 0 Å². The summed E-state index contributed by atoms with van der Waals surface area (Å²) >= 11 is 0. The van der Waals surface area contributed by atoms with E-state index in [1.807, 2.05) is 0 Å². The van der Waals surface area contributed by atoms with Crippen LogP contribution in [0.1, 0.15) is 57.3 Å². The summed E-state index contributed by atoms with van der Waals surface area (Å²) in [6.45, 7) is 1.79. The smallest absolute Gasteiger partial charge is 0.0431 e. The lowest BCUT2D eigenvalue weighted by molar-refractivity contribution is 0.282. The summed E-state index contributed by atoms with van der Waals surface area (Å²) in [7, 11) is 0. The summed E-state index contributed by atoms with van der Waals surface area (Å²) in [5.41, 5.74) is 0. The third-order valence-corrected chi connectivity index (χ3v) is 1.26. The molecule has 1 nitrogen and oxygen atoms in total. The maximum absolute atomic E-state index is 8.53. The first-order valence-corrected chi connectivity index (χ1v) is 3.98. The summed E-state index contributed by atoms with van der Waals surface area (Å²) in [6.07, 6.45) is -1.01. The molecule has 0 unspecified atom stereocenters. The van der Waals surface area contributed by atoms with Gasteiger partial charge in [0.05, 0.1) is 0 Å². The summed E-state index contributed by atoms with van der Waals surface area (Å²) in [6, 6.07) is 0. The Morgan fingerprint density at radius 1 is 1.10 bits per heavy atom. The van der Waals surface area contributed by atoms with E-state index in [0.29, 0.717) is 12.8 Å². The first-order valence-electron chi connectivity index (χ1n) is 5.98. The van der Waals surface area contributed by atoms with Crippen molar-refractivity contribution >= 4 is 0 Å². The van der Waals surface area contributed by atoms with Gasteiger partial charge in [-0.1, -0.05) is 45.4 Å².